The van der Waals surface area contributed by atoms with E-state index >= 15 is 0 Å². The molecular formula is C15H18FN3O2. The van der Waals surface area contributed by atoms with E-state index in [1.165, 1.54) is 6.07 Å². The van der Waals surface area contributed by atoms with Crippen LogP contribution in [-0.2, 0) is 9.53 Å². The summed E-state index contributed by atoms with van der Waals surface area (Å²) in [6.07, 6.45) is 0.838. The van der Waals surface area contributed by atoms with Gasteiger partial charge in [-0.2, -0.15) is 5.26 Å². The molecule has 1 amide bonds. The third kappa shape index (κ3) is 3.50. The number of carbonyl (C=O) groups is 1. The molecule has 1 fully saturated rings. The van der Waals surface area contributed by atoms with Crippen LogP contribution in [-0.4, -0.2) is 38.3 Å². The maximum atomic E-state index is 14.1. The molecule has 21 heavy (non-hydrogen) atoms. The molecule has 6 heteroatoms. The Hall–Kier alpha value is -2.13. The summed E-state index contributed by atoms with van der Waals surface area (Å²) < 4.78 is 19.5. The topological polar surface area (TPSA) is 65.4 Å². The second-order valence-corrected chi connectivity index (χ2v) is 4.85. The van der Waals surface area contributed by atoms with Crippen molar-refractivity contribution in [2.75, 3.05) is 31.2 Å². The summed E-state index contributed by atoms with van der Waals surface area (Å²) in [6.45, 7) is 3.66. The fraction of sp³-hybridized carbons (Fsp3) is 0.467. The maximum absolute atomic E-state index is 14.1. The first kappa shape index (κ1) is 15.3. The highest BCUT2D eigenvalue weighted by Gasteiger charge is 2.30. The average Bonchev–Trinajstić information content (AvgIpc) is 2.52. The smallest absolute Gasteiger partial charge is 0.245 e. The van der Waals surface area contributed by atoms with E-state index in [2.05, 4.69) is 5.32 Å². The molecule has 0 aliphatic carbocycles. The van der Waals surface area contributed by atoms with Gasteiger partial charge in [0.2, 0.25) is 5.91 Å². The number of nitrogens with zero attached hydrogens (tertiary/aromatic N) is 2. The zero-order chi connectivity index (χ0) is 15.2. The van der Waals surface area contributed by atoms with Gasteiger partial charge in [0, 0.05) is 13.1 Å². The van der Waals surface area contributed by atoms with Gasteiger partial charge in [0.1, 0.15) is 11.9 Å². The lowest BCUT2D eigenvalue weighted by molar-refractivity contribution is -0.124. The normalized spacial score (nSPS) is 18.1. The van der Waals surface area contributed by atoms with Gasteiger partial charge in [-0.25, -0.2) is 4.39 Å². The van der Waals surface area contributed by atoms with Crippen LogP contribution >= 0.6 is 0 Å². The van der Waals surface area contributed by atoms with E-state index in [0.717, 1.165) is 6.42 Å². The van der Waals surface area contributed by atoms with Crippen LogP contribution in [0.1, 0.15) is 18.9 Å². The lowest BCUT2D eigenvalue weighted by atomic mass is 10.1. The Morgan fingerprint density at radius 1 is 1.62 bits per heavy atom. The van der Waals surface area contributed by atoms with Crippen LogP contribution in [0.2, 0.25) is 0 Å². The SMILES string of the molecule is CCCNC(=O)C1COCCN1c1ccc(C#N)cc1F. The molecule has 1 heterocycles. The summed E-state index contributed by atoms with van der Waals surface area (Å²) in [7, 11) is 0. The molecule has 0 aromatic heterocycles. The van der Waals surface area contributed by atoms with Crippen molar-refractivity contribution in [3.05, 3.63) is 29.6 Å². The van der Waals surface area contributed by atoms with Crippen molar-refractivity contribution in [1.82, 2.24) is 5.32 Å². The quantitative estimate of drug-likeness (QED) is 0.911. The molecule has 0 bridgehead atoms. The summed E-state index contributed by atoms with van der Waals surface area (Å²) in [4.78, 5) is 13.9. The van der Waals surface area contributed by atoms with E-state index in [9.17, 15) is 9.18 Å². The number of amides is 1. The number of nitriles is 1. The van der Waals surface area contributed by atoms with Crippen LogP contribution < -0.4 is 10.2 Å². The number of rotatable bonds is 4. The van der Waals surface area contributed by atoms with E-state index in [1.807, 2.05) is 13.0 Å². The van der Waals surface area contributed by atoms with Gasteiger partial charge in [-0.05, 0) is 24.6 Å². The third-order valence-corrected chi connectivity index (χ3v) is 3.37. The lowest BCUT2D eigenvalue weighted by Crippen LogP contribution is -2.54. The highest BCUT2D eigenvalue weighted by molar-refractivity contribution is 5.85. The molecule has 1 aromatic carbocycles. The minimum Gasteiger partial charge on any atom is -0.377 e. The van der Waals surface area contributed by atoms with Crippen molar-refractivity contribution < 1.29 is 13.9 Å². The Morgan fingerprint density at radius 3 is 3.10 bits per heavy atom. The maximum Gasteiger partial charge on any atom is 0.245 e. The summed E-state index contributed by atoms with van der Waals surface area (Å²) >= 11 is 0. The molecule has 112 valence electrons. The minimum atomic E-state index is -0.548. The van der Waals surface area contributed by atoms with Gasteiger partial charge in [0.15, 0.2) is 0 Å². The minimum absolute atomic E-state index is 0.166. The number of ether oxygens (including phenoxy) is 1. The molecule has 1 aliphatic rings. The fourth-order valence-corrected chi connectivity index (χ4v) is 2.28. The summed E-state index contributed by atoms with van der Waals surface area (Å²) in [5, 5.41) is 11.6. The summed E-state index contributed by atoms with van der Waals surface area (Å²) in [6, 6.07) is 5.63. The molecule has 0 radical (unpaired) electrons. The number of halogens is 1. The number of morpholine rings is 1. The Balaban J connectivity index is 2.22. The van der Waals surface area contributed by atoms with Crippen molar-refractivity contribution in [1.29, 1.82) is 5.26 Å². The zero-order valence-electron chi connectivity index (χ0n) is 11.9. The van der Waals surface area contributed by atoms with Gasteiger partial charge in [-0.3, -0.25) is 4.79 Å². The Kier molecular flexibility index (Phi) is 5.12. The molecule has 1 aliphatic heterocycles. The summed E-state index contributed by atoms with van der Waals surface area (Å²) in [5.41, 5.74) is 0.588. The number of nitrogens with one attached hydrogen (secondary N) is 1. The van der Waals surface area contributed by atoms with Crippen molar-refractivity contribution >= 4 is 11.6 Å². The highest BCUT2D eigenvalue weighted by atomic mass is 19.1. The van der Waals surface area contributed by atoms with E-state index in [-0.39, 0.29) is 18.1 Å². The second kappa shape index (κ2) is 7.04. The molecule has 1 saturated heterocycles. The van der Waals surface area contributed by atoms with Gasteiger partial charge in [0.05, 0.1) is 30.5 Å². The first-order valence-electron chi connectivity index (χ1n) is 6.99. The molecule has 1 atom stereocenters. The zero-order valence-corrected chi connectivity index (χ0v) is 11.9. The predicted octanol–water partition coefficient (Wildman–Crippen LogP) is 1.43. The number of hydrogen-bond donors (Lipinski definition) is 1. The van der Waals surface area contributed by atoms with E-state index in [0.29, 0.717) is 25.4 Å². The Morgan fingerprint density at radius 2 is 2.43 bits per heavy atom. The third-order valence-electron chi connectivity index (χ3n) is 3.37. The Labute approximate surface area is 123 Å². The Bertz CT molecular complexity index is 556. The molecule has 1 unspecified atom stereocenters. The van der Waals surface area contributed by atoms with Crippen molar-refractivity contribution in [3.8, 4) is 6.07 Å². The number of anilines is 1. The van der Waals surface area contributed by atoms with Crippen LogP contribution in [0.3, 0.4) is 0 Å². The van der Waals surface area contributed by atoms with Gasteiger partial charge in [0.25, 0.3) is 0 Å². The van der Waals surface area contributed by atoms with Gasteiger partial charge in [-0.1, -0.05) is 6.92 Å². The van der Waals surface area contributed by atoms with E-state index in [1.54, 1.807) is 17.0 Å². The number of carbonyl (C=O) groups excluding carboxylic acids is 1. The molecular weight excluding hydrogens is 273 g/mol. The molecule has 1 N–H and O–H groups in total. The summed E-state index contributed by atoms with van der Waals surface area (Å²) in [5.74, 6) is -0.662. The highest BCUT2D eigenvalue weighted by Crippen LogP contribution is 2.24. The molecule has 1 aromatic rings. The first-order chi connectivity index (χ1) is 10.2. The van der Waals surface area contributed by atoms with E-state index in [4.69, 9.17) is 10.00 Å². The van der Waals surface area contributed by atoms with Gasteiger partial charge in [-0.15, -0.1) is 0 Å². The van der Waals surface area contributed by atoms with Crippen molar-refractivity contribution in [3.63, 3.8) is 0 Å². The standard InChI is InChI=1S/C15H18FN3O2/c1-2-5-18-15(20)14-10-21-7-6-19(14)13-4-3-11(9-17)8-12(13)16/h3-4,8,14H,2,5-7,10H2,1H3,(H,18,20). The van der Waals surface area contributed by atoms with Gasteiger partial charge < -0.3 is 15.0 Å². The molecule has 5 nitrogen and oxygen atoms in total. The predicted molar refractivity (Wildman–Crippen MR) is 76.4 cm³/mol. The lowest BCUT2D eigenvalue weighted by Gasteiger charge is -2.36. The van der Waals surface area contributed by atoms with Crippen LogP contribution in [0.4, 0.5) is 10.1 Å². The van der Waals surface area contributed by atoms with E-state index < -0.39 is 11.9 Å². The van der Waals surface area contributed by atoms with Crippen molar-refractivity contribution in [2.24, 2.45) is 0 Å². The number of hydrogen-bond acceptors (Lipinski definition) is 4. The molecule has 0 saturated carbocycles. The van der Waals surface area contributed by atoms with Crippen LogP contribution in [0, 0.1) is 17.1 Å². The van der Waals surface area contributed by atoms with Crippen LogP contribution in [0.5, 0.6) is 0 Å². The van der Waals surface area contributed by atoms with Crippen molar-refractivity contribution in [2.45, 2.75) is 19.4 Å². The van der Waals surface area contributed by atoms with Crippen LogP contribution in [0.25, 0.3) is 0 Å². The molecule has 2 rings (SSSR count). The van der Waals surface area contributed by atoms with Gasteiger partial charge >= 0.3 is 0 Å². The second-order valence-electron chi connectivity index (χ2n) is 4.85. The number of benzene rings is 1. The largest absolute Gasteiger partial charge is 0.377 e. The molecule has 0 spiro atoms. The first-order valence-corrected chi connectivity index (χ1v) is 6.99. The van der Waals surface area contributed by atoms with Crippen LogP contribution in [0.15, 0.2) is 18.2 Å². The monoisotopic (exact) mass is 291 g/mol. The fourth-order valence-electron chi connectivity index (χ4n) is 2.28. The average molecular weight is 291 g/mol.